The Balaban J connectivity index is 1.84. The Hall–Kier alpha value is -3.25. The smallest absolute Gasteiger partial charge is 0.381 e. The van der Waals surface area contributed by atoms with E-state index in [9.17, 15) is 14.7 Å². The summed E-state index contributed by atoms with van der Waals surface area (Å²) in [5.41, 5.74) is 0.271. The molecule has 28 heavy (non-hydrogen) atoms. The lowest BCUT2D eigenvalue weighted by Crippen LogP contribution is -2.23. The van der Waals surface area contributed by atoms with Gasteiger partial charge in [-0.1, -0.05) is 11.3 Å². The van der Waals surface area contributed by atoms with Gasteiger partial charge < -0.3 is 19.6 Å². The van der Waals surface area contributed by atoms with Crippen molar-refractivity contribution in [1.29, 1.82) is 0 Å². The maximum Gasteiger partial charge on any atom is 0.381 e. The van der Waals surface area contributed by atoms with E-state index in [1.165, 1.54) is 13.2 Å². The molecule has 0 spiro atoms. The van der Waals surface area contributed by atoms with E-state index in [1.807, 2.05) is 13.0 Å². The summed E-state index contributed by atoms with van der Waals surface area (Å²) in [6.45, 7) is 3.39. The molecule has 3 heterocycles. The van der Waals surface area contributed by atoms with Gasteiger partial charge in [-0.3, -0.25) is 10.1 Å². The number of nitrogens with zero attached hydrogens (tertiary/aromatic N) is 4. The number of aliphatic hydroxyl groups excluding tert-OH is 1. The van der Waals surface area contributed by atoms with Crippen LogP contribution in [0.4, 0.5) is 10.8 Å². The van der Waals surface area contributed by atoms with Gasteiger partial charge in [0, 0.05) is 24.0 Å². The number of nitrogens with one attached hydrogen (secondary N) is 2. The molecule has 3 aromatic heterocycles. The highest BCUT2D eigenvalue weighted by atomic mass is 32.1. The molecule has 1 atom stereocenters. The SMILES string of the molecule is COc1c(N[C@@H](C)CO)cc(C(=O)Nc2nnc(-n3nccc3C)s2)oc1=O. The van der Waals surface area contributed by atoms with Crippen LogP contribution in [-0.2, 0) is 0 Å². The van der Waals surface area contributed by atoms with Crippen molar-refractivity contribution in [2.24, 2.45) is 0 Å². The van der Waals surface area contributed by atoms with E-state index in [1.54, 1.807) is 17.8 Å². The third-order valence-electron chi connectivity index (χ3n) is 3.66. The summed E-state index contributed by atoms with van der Waals surface area (Å²) in [5, 5.41) is 27.3. The molecular weight excluding hydrogens is 388 g/mol. The molecule has 11 nitrogen and oxygen atoms in total. The standard InChI is InChI=1S/C16H18N6O5S/c1-8(7-23)18-10-6-11(27-14(25)12(10)26-3)13(24)19-15-20-21-16(28-15)22-9(2)4-5-17-22/h4-6,8,18,23H,7H2,1-3H3,(H,19,20,24)/t8-/m0/s1. The molecule has 0 saturated heterocycles. The van der Waals surface area contributed by atoms with Crippen LogP contribution in [0.25, 0.3) is 5.13 Å². The van der Waals surface area contributed by atoms with Gasteiger partial charge in [0.25, 0.3) is 5.91 Å². The number of carbonyl (C=O) groups excluding carboxylic acids is 1. The largest absolute Gasteiger partial charge is 0.488 e. The number of amides is 1. The Bertz CT molecular complexity index is 1040. The number of aromatic nitrogens is 4. The Labute approximate surface area is 163 Å². The van der Waals surface area contributed by atoms with Crippen molar-refractivity contribution < 1.29 is 19.1 Å². The summed E-state index contributed by atoms with van der Waals surface area (Å²) in [6, 6.07) is 2.77. The molecule has 0 aliphatic rings. The number of hydrogen-bond acceptors (Lipinski definition) is 10. The molecule has 1 amide bonds. The van der Waals surface area contributed by atoms with Crippen LogP contribution in [-0.4, -0.2) is 50.8 Å². The molecule has 3 rings (SSSR count). The van der Waals surface area contributed by atoms with Gasteiger partial charge >= 0.3 is 5.63 Å². The summed E-state index contributed by atoms with van der Waals surface area (Å²) >= 11 is 1.11. The number of hydrogen-bond donors (Lipinski definition) is 3. The van der Waals surface area contributed by atoms with Crippen molar-refractivity contribution in [1.82, 2.24) is 20.0 Å². The molecule has 0 saturated carbocycles. The highest BCUT2D eigenvalue weighted by Gasteiger charge is 2.20. The van der Waals surface area contributed by atoms with E-state index in [0.717, 1.165) is 17.0 Å². The van der Waals surface area contributed by atoms with Crippen LogP contribution in [0.5, 0.6) is 5.75 Å². The van der Waals surface area contributed by atoms with Gasteiger partial charge in [-0.15, -0.1) is 10.2 Å². The zero-order valence-electron chi connectivity index (χ0n) is 15.3. The van der Waals surface area contributed by atoms with Gasteiger partial charge in [-0.25, -0.2) is 9.48 Å². The molecular formula is C16H18N6O5S. The first-order chi connectivity index (χ1) is 13.4. The van der Waals surface area contributed by atoms with E-state index in [4.69, 9.17) is 9.15 Å². The topological polar surface area (TPSA) is 144 Å². The molecule has 0 fully saturated rings. The van der Waals surface area contributed by atoms with Crippen molar-refractivity contribution in [3.05, 3.63) is 40.2 Å². The quantitative estimate of drug-likeness (QED) is 0.524. The monoisotopic (exact) mass is 406 g/mol. The fourth-order valence-corrected chi connectivity index (χ4v) is 3.04. The van der Waals surface area contributed by atoms with E-state index < -0.39 is 11.5 Å². The van der Waals surface area contributed by atoms with Crippen LogP contribution in [0.3, 0.4) is 0 Å². The Morgan fingerprint density at radius 3 is 2.89 bits per heavy atom. The minimum atomic E-state index is -0.826. The van der Waals surface area contributed by atoms with Crippen LogP contribution in [0, 0.1) is 6.92 Å². The number of ether oxygens (including phenoxy) is 1. The normalized spacial score (nSPS) is 11.9. The lowest BCUT2D eigenvalue weighted by molar-refractivity contribution is 0.0991. The molecule has 0 unspecified atom stereocenters. The van der Waals surface area contributed by atoms with Crippen molar-refractivity contribution in [3.8, 4) is 10.9 Å². The third kappa shape index (κ3) is 4.02. The average molecular weight is 406 g/mol. The second-order valence-corrected chi connectivity index (χ2v) is 6.76. The van der Waals surface area contributed by atoms with Gasteiger partial charge in [0.2, 0.25) is 16.0 Å². The van der Waals surface area contributed by atoms with E-state index in [2.05, 4.69) is 25.9 Å². The van der Waals surface area contributed by atoms with Crippen LogP contribution in [0.15, 0.2) is 27.5 Å². The predicted molar refractivity (Wildman–Crippen MR) is 101 cm³/mol. The second kappa shape index (κ2) is 8.19. The fraction of sp³-hybridized carbons (Fsp3) is 0.312. The molecule has 0 aromatic carbocycles. The second-order valence-electron chi connectivity index (χ2n) is 5.80. The number of aryl methyl sites for hydroxylation is 1. The zero-order valence-corrected chi connectivity index (χ0v) is 16.1. The molecule has 148 valence electrons. The van der Waals surface area contributed by atoms with Gasteiger partial charge in [-0.05, 0) is 19.9 Å². The summed E-state index contributed by atoms with van der Waals surface area (Å²) in [6.07, 6.45) is 1.63. The number of anilines is 2. The van der Waals surface area contributed by atoms with Gasteiger partial charge in [0.05, 0.1) is 19.4 Å². The number of aliphatic hydroxyl groups is 1. The Morgan fingerprint density at radius 1 is 1.46 bits per heavy atom. The van der Waals surface area contributed by atoms with E-state index in [0.29, 0.717) is 5.13 Å². The molecule has 3 N–H and O–H groups in total. The minimum Gasteiger partial charge on any atom is -0.488 e. The van der Waals surface area contributed by atoms with Crippen LogP contribution in [0.2, 0.25) is 0 Å². The van der Waals surface area contributed by atoms with Crippen molar-refractivity contribution >= 4 is 28.1 Å². The molecule has 0 aliphatic carbocycles. The first-order valence-corrected chi connectivity index (χ1v) is 9.00. The Morgan fingerprint density at radius 2 is 2.25 bits per heavy atom. The van der Waals surface area contributed by atoms with Crippen molar-refractivity contribution in [3.63, 3.8) is 0 Å². The average Bonchev–Trinajstić information content (AvgIpc) is 3.29. The van der Waals surface area contributed by atoms with Gasteiger partial charge in [-0.2, -0.15) is 5.10 Å². The minimum absolute atomic E-state index is 0.0933. The van der Waals surface area contributed by atoms with Gasteiger partial charge in [0.1, 0.15) is 0 Å². The van der Waals surface area contributed by atoms with E-state index >= 15 is 0 Å². The maximum absolute atomic E-state index is 12.5. The fourth-order valence-electron chi connectivity index (χ4n) is 2.29. The lowest BCUT2D eigenvalue weighted by atomic mass is 10.2. The molecule has 0 bridgehead atoms. The number of carbonyl (C=O) groups is 1. The lowest BCUT2D eigenvalue weighted by Gasteiger charge is -2.15. The predicted octanol–water partition coefficient (Wildman–Crippen LogP) is 1.04. The zero-order chi connectivity index (χ0) is 20.3. The van der Waals surface area contributed by atoms with Crippen LogP contribution in [0.1, 0.15) is 23.2 Å². The summed E-state index contributed by atoms with van der Waals surface area (Å²) in [5.74, 6) is -1.02. The number of methoxy groups -OCH3 is 1. The van der Waals surface area contributed by atoms with Crippen molar-refractivity contribution in [2.45, 2.75) is 19.9 Å². The molecule has 12 heteroatoms. The summed E-state index contributed by atoms with van der Waals surface area (Å²) in [7, 11) is 1.31. The summed E-state index contributed by atoms with van der Waals surface area (Å²) < 4.78 is 11.6. The first kappa shape index (κ1) is 19.5. The molecule has 0 radical (unpaired) electrons. The van der Waals surface area contributed by atoms with Gasteiger partial charge in [0.15, 0.2) is 5.76 Å². The molecule has 0 aliphatic heterocycles. The molecule has 3 aromatic rings. The third-order valence-corrected chi connectivity index (χ3v) is 4.47. The highest BCUT2D eigenvalue weighted by Crippen LogP contribution is 2.24. The van der Waals surface area contributed by atoms with E-state index in [-0.39, 0.29) is 35.0 Å². The van der Waals surface area contributed by atoms with Crippen LogP contribution >= 0.6 is 11.3 Å². The number of rotatable bonds is 7. The maximum atomic E-state index is 12.5. The van der Waals surface area contributed by atoms with Crippen molar-refractivity contribution in [2.75, 3.05) is 24.4 Å². The summed E-state index contributed by atoms with van der Waals surface area (Å²) in [4.78, 5) is 24.6. The Kier molecular flexibility index (Phi) is 5.70. The first-order valence-electron chi connectivity index (χ1n) is 8.18. The highest BCUT2D eigenvalue weighted by molar-refractivity contribution is 7.17. The van der Waals surface area contributed by atoms with Crippen LogP contribution < -0.4 is 21.0 Å².